The Labute approximate surface area is 246 Å². The summed E-state index contributed by atoms with van der Waals surface area (Å²) in [5.74, 6) is -1.07. The van der Waals surface area contributed by atoms with E-state index < -0.39 is 17.2 Å². The van der Waals surface area contributed by atoms with Crippen LogP contribution in [0.3, 0.4) is 0 Å². The molecule has 1 atom stereocenters. The van der Waals surface area contributed by atoms with Gasteiger partial charge in [-0.2, -0.15) is 0 Å². The number of amides is 1. The molecule has 3 aromatic carbocycles. The number of hydrogen-bond acceptors (Lipinski definition) is 6. The molecule has 0 heterocycles. The number of benzene rings is 3. The van der Waals surface area contributed by atoms with Gasteiger partial charge in [-0.3, -0.25) is 14.4 Å². The van der Waals surface area contributed by atoms with Gasteiger partial charge in [0.15, 0.2) is 11.6 Å². The van der Waals surface area contributed by atoms with E-state index in [2.05, 4.69) is 0 Å². The van der Waals surface area contributed by atoms with Gasteiger partial charge in [0.2, 0.25) is 0 Å². The number of rotatable bonds is 7. The number of anilines is 1. The number of aryl methyl sites for hydroxylation is 1. The molecule has 0 bridgehead atoms. The van der Waals surface area contributed by atoms with E-state index in [0.29, 0.717) is 17.2 Å². The zero-order valence-electron chi connectivity index (χ0n) is 25.2. The second-order valence-electron chi connectivity index (χ2n) is 11.9. The van der Waals surface area contributed by atoms with Crippen molar-refractivity contribution in [3.8, 4) is 17.2 Å². The first kappa shape index (κ1) is 30.8. The minimum atomic E-state index is -0.790. The highest BCUT2D eigenvalue weighted by atomic mass is 19.1. The molecule has 8 heteroatoms. The van der Waals surface area contributed by atoms with E-state index in [1.54, 1.807) is 12.0 Å². The second-order valence-corrected chi connectivity index (χ2v) is 11.9. The molecule has 0 aromatic heterocycles. The zero-order valence-corrected chi connectivity index (χ0v) is 25.2. The van der Waals surface area contributed by atoms with Crippen LogP contribution in [0.2, 0.25) is 0 Å². The molecular weight excluding hydrogens is 537 g/mol. The third-order valence-electron chi connectivity index (χ3n) is 7.33. The van der Waals surface area contributed by atoms with Crippen LogP contribution in [0.1, 0.15) is 80.9 Å². The van der Waals surface area contributed by atoms with Crippen LogP contribution < -0.4 is 19.1 Å². The Morgan fingerprint density at radius 2 is 1.64 bits per heavy atom. The summed E-state index contributed by atoms with van der Waals surface area (Å²) in [4.78, 5) is 39.2. The number of nitrogens with zero attached hydrogens (tertiary/aromatic N) is 1. The number of halogens is 1. The molecule has 4 rings (SSSR count). The van der Waals surface area contributed by atoms with E-state index in [1.165, 1.54) is 19.1 Å². The largest absolute Gasteiger partial charge is 0.497 e. The number of carbonyl (C=O) groups excluding carboxylic acids is 3. The maximum absolute atomic E-state index is 14.7. The number of ether oxygens (including phenoxy) is 3. The van der Waals surface area contributed by atoms with Gasteiger partial charge < -0.3 is 19.1 Å². The molecule has 0 fully saturated rings. The lowest BCUT2D eigenvalue weighted by molar-refractivity contribution is -0.143. The molecule has 0 spiro atoms. The van der Waals surface area contributed by atoms with E-state index in [-0.39, 0.29) is 35.1 Å². The van der Waals surface area contributed by atoms with Gasteiger partial charge in [0.1, 0.15) is 11.5 Å². The van der Waals surface area contributed by atoms with Crippen LogP contribution in [0.15, 0.2) is 54.6 Å². The molecule has 1 amide bonds. The predicted octanol–water partition coefficient (Wildman–Crippen LogP) is 7.04. The molecule has 222 valence electrons. The highest BCUT2D eigenvalue weighted by Gasteiger charge is 2.30. The van der Waals surface area contributed by atoms with Crippen molar-refractivity contribution in [1.82, 2.24) is 0 Å². The van der Waals surface area contributed by atoms with E-state index in [0.717, 1.165) is 42.0 Å². The van der Waals surface area contributed by atoms with Crippen molar-refractivity contribution in [1.29, 1.82) is 0 Å². The Morgan fingerprint density at radius 3 is 2.26 bits per heavy atom. The van der Waals surface area contributed by atoms with Crippen molar-refractivity contribution < 1.29 is 33.0 Å². The van der Waals surface area contributed by atoms with Gasteiger partial charge in [0.25, 0.3) is 5.91 Å². The first-order valence-corrected chi connectivity index (χ1v) is 14.1. The fourth-order valence-corrected chi connectivity index (χ4v) is 5.16. The third kappa shape index (κ3) is 6.81. The molecule has 0 saturated heterocycles. The Kier molecular flexibility index (Phi) is 9.04. The molecule has 0 aliphatic heterocycles. The summed E-state index contributed by atoms with van der Waals surface area (Å²) >= 11 is 0. The summed E-state index contributed by atoms with van der Waals surface area (Å²) in [6.07, 6.45) is 2.35. The average Bonchev–Trinajstić information content (AvgIpc) is 2.93. The minimum Gasteiger partial charge on any atom is -0.497 e. The number of carbonyl (C=O) groups is 3. The number of fused-ring (bicyclic) bond motifs is 1. The van der Waals surface area contributed by atoms with Gasteiger partial charge >= 0.3 is 11.9 Å². The SMILES string of the molecule is COc1ccc(C2CCc3cc(OC(=O)C(C)(C)C)ccc3C2)c(N(C(=O)c2ccc(OC(C)=O)c(F)c2)C(C)C)c1. The maximum atomic E-state index is 14.7. The lowest BCUT2D eigenvalue weighted by Crippen LogP contribution is -2.38. The summed E-state index contributed by atoms with van der Waals surface area (Å²) < 4.78 is 30.8. The normalized spacial score (nSPS) is 14.6. The topological polar surface area (TPSA) is 82.1 Å². The predicted molar refractivity (Wildman–Crippen MR) is 159 cm³/mol. The smallest absolute Gasteiger partial charge is 0.316 e. The van der Waals surface area contributed by atoms with Crippen LogP contribution >= 0.6 is 0 Å². The second kappa shape index (κ2) is 12.3. The van der Waals surface area contributed by atoms with Gasteiger partial charge in [-0.15, -0.1) is 0 Å². The Hall–Kier alpha value is -4.20. The van der Waals surface area contributed by atoms with Crippen LogP contribution in [0.5, 0.6) is 17.2 Å². The van der Waals surface area contributed by atoms with Crippen molar-refractivity contribution in [2.45, 2.75) is 72.8 Å². The molecular formula is C34H38FNO6. The molecule has 3 aromatic rings. The van der Waals surface area contributed by atoms with Crippen LogP contribution in [0, 0.1) is 11.2 Å². The van der Waals surface area contributed by atoms with Crippen molar-refractivity contribution in [2.75, 3.05) is 12.0 Å². The summed E-state index contributed by atoms with van der Waals surface area (Å²) in [6, 6.07) is 15.1. The quantitative estimate of drug-likeness (QED) is 0.222. The van der Waals surface area contributed by atoms with Gasteiger partial charge in [0, 0.05) is 24.6 Å². The maximum Gasteiger partial charge on any atom is 0.316 e. The van der Waals surface area contributed by atoms with Crippen molar-refractivity contribution in [2.24, 2.45) is 5.41 Å². The third-order valence-corrected chi connectivity index (χ3v) is 7.33. The molecule has 0 N–H and O–H groups in total. The van der Waals surface area contributed by atoms with Gasteiger partial charge in [0.05, 0.1) is 18.2 Å². The van der Waals surface area contributed by atoms with Gasteiger partial charge in [-0.1, -0.05) is 12.1 Å². The molecule has 1 aliphatic carbocycles. The molecule has 1 aliphatic rings. The average molecular weight is 576 g/mol. The van der Waals surface area contributed by atoms with E-state index >= 15 is 0 Å². The molecule has 7 nitrogen and oxygen atoms in total. The fraction of sp³-hybridized carbons (Fsp3) is 0.382. The summed E-state index contributed by atoms with van der Waals surface area (Å²) in [6.45, 7) is 10.5. The number of methoxy groups -OCH3 is 1. The summed E-state index contributed by atoms with van der Waals surface area (Å²) in [5, 5.41) is 0. The minimum absolute atomic E-state index is 0.110. The molecule has 0 saturated carbocycles. The summed E-state index contributed by atoms with van der Waals surface area (Å²) in [7, 11) is 1.57. The van der Waals surface area contributed by atoms with Crippen molar-refractivity contribution >= 4 is 23.5 Å². The van der Waals surface area contributed by atoms with Crippen molar-refractivity contribution in [3.63, 3.8) is 0 Å². The van der Waals surface area contributed by atoms with Crippen LogP contribution in [-0.2, 0) is 22.4 Å². The van der Waals surface area contributed by atoms with E-state index in [1.807, 2.05) is 71.0 Å². The van der Waals surface area contributed by atoms with Crippen LogP contribution in [0.4, 0.5) is 10.1 Å². The highest BCUT2D eigenvalue weighted by Crippen LogP contribution is 2.41. The molecule has 1 unspecified atom stereocenters. The Bertz CT molecular complexity index is 1510. The lowest BCUT2D eigenvalue weighted by Gasteiger charge is -2.33. The first-order valence-electron chi connectivity index (χ1n) is 14.1. The number of hydrogen-bond donors (Lipinski definition) is 0. The van der Waals surface area contributed by atoms with Crippen molar-refractivity contribution in [3.05, 3.63) is 82.7 Å². The van der Waals surface area contributed by atoms with Gasteiger partial charge in [-0.05, 0) is 113 Å². The standard InChI is InChI=1S/C34H38FNO6/c1-20(2)36(32(38)25-11-15-31(29(35)18-25)41-21(3)37)30-19-26(40-7)13-14-28(30)24-9-8-23-17-27(12-10-22(23)16-24)42-33(39)34(4,5)6/h10-15,17-20,24H,8-9,16H2,1-7H3. The molecule has 0 radical (unpaired) electrons. The Balaban J connectivity index is 1.66. The van der Waals surface area contributed by atoms with E-state index in [4.69, 9.17) is 14.2 Å². The fourth-order valence-electron chi connectivity index (χ4n) is 5.16. The Morgan fingerprint density at radius 1 is 0.929 bits per heavy atom. The van der Waals surface area contributed by atoms with Crippen LogP contribution in [0.25, 0.3) is 0 Å². The van der Waals surface area contributed by atoms with Crippen LogP contribution in [-0.4, -0.2) is 31.0 Å². The van der Waals surface area contributed by atoms with E-state index in [9.17, 15) is 18.8 Å². The summed E-state index contributed by atoms with van der Waals surface area (Å²) in [5.41, 5.74) is 3.53. The van der Waals surface area contributed by atoms with Gasteiger partial charge in [-0.25, -0.2) is 4.39 Å². The monoisotopic (exact) mass is 575 g/mol. The first-order chi connectivity index (χ1) is 19.8. The highest BCUT2D eigenvalue weighted by molar-refractivity contribution is 6.07. The number of esters is 2. The zero-order chi connectivity index (χ0) is 30.8. The molecule has 42 heavy (non-hydrogen) atoms. The lowest BCUT2D eigenvalue weighted by atomic mass is 9.79.